The zero-order chi connectivity index (χ0) is 26.2. The molecule has 0 saturated carbocycles. The molecule has 5 heterocycles. The topological polar surface area (TPSA) is 98.9 Å². The summed E-state index contributed by atoms with van der Waals surface area (Å²) in [5, 5.41) is 0. The van der Waals surface area contributed by atoms with Crippen LogP contribution in [0.25, 0.3) is 0 Å². The largest absolute Gasteiger partial charge is 0.208 e. The third-order valence-electron chi connectivity index (χ3n) is 7.33. The second kappa shape index (κ2) is 8.94. The average molecular weight is 578 g/mol. The number of hydrogen-bond donors (Lipinski definition) is 0. The summed E-state index contributed by atoms with van der Waals surface area (Å²) in [6.45, 7) is 0. The van der Waals surface area contributed by atoms with Crippen LogP contribution in [0.3, 0.4) is 0 Å². The summed E-state index contributed by atoms with van der Waals surface area (Å²) < 4.78 is 0. The number of amidine groups is 8. The fraction of sp³-hybridized carbons (Fsp3) is 0. The molecule has 4 aromatic rings. The molecule has 9 heteroatoms. The van der Waals surface area contributed by atoms with E-state index in [2.05, 4.69) is 0 Å². The van der Waals surface area contributed by atoms with Crippen molar-refractivity contribution in [2.45, 2.75) is 0 Å². The van der Waals surface area contributed by atoms with Gasteiger partial charge in [0.05, 0.1) is 0 Å². The minimum absolute atomic E-state index is 0. The van der Waals surface area contributed by atoms with Crippen molar-refractivity contribution in [3.05, 3.63) is 142 Å². The van der Waals surface area contributed by atoms with Gasteiger partial charge in [-0.15, -0.1) is 0 Å². The van der Waals surface area contributed by atoms with E-state index in [0.29, 0.717) is 46.7 Å². The SMILES string of the molecule is [Zn].c1ccc2c(c1)C1=NC2=NC2=NC(=NC3=NC(=NC4=NC(=N1)c1ccccc14)c1ccccc13)c1ccccc12. The molecule has 8 nitrogen and oxygen atoms in total. The van der Waals surface area contributed by atoms with Gasteiger partial charge in [0.1, 0.15) is 0 Å². The molecule has 9 rings (SSSR count). The van der Waals surface area contributed by atoms with Crippen LogP contribution in [0.15, 0.2) is 137 Å². The van der Waals surface area contributed by atoms with Crippen LogP contribution in [0.4, 0.5) is 0 Å². The predicted molar refractivity (Wildman–Crippen MR) is 158 cm³/mol. The smallest absolute Gasteiger partial charge is 0.164 e. The van der Waals surface area contributed by atoms with E-state index >= 15 is 0 Å². The van der Waals surface area contributed by atoms with Gasteiger partial charge in [-0.05, 0) is 0 Å². The van der Waals surface area contributed by atoms with Gasteiger partial charge >= 0.3 is 0 Å². The molecule has 0 radical (unpaired) electrons. The molecule has 41 heavy (non-hydrogen) atoms. The molecule has 0 spiro atoms. The Labute approximate surface area is 247 Å². The summed E-state index contributed by atoms with van der Waals surface area (Å²) in [4.78, 5) is 39.3. The van der Waals surface area contributed by atoms with E-state index in [1.807, 2.05) is 97.1 Å². The second-order valence-electron chi connectivity index (χ2n) is 9.67. The summed E-state index contributed by atoms with van der Waals surface area (Å²) in [7, 11) is 0. The van der Waals surface area contributed by atoms with E-state index in [1.54, 1.807) is 0 Å². The third kappa shape index (κ3) is 3.56. The van der Waals surface area contributed by atoms with E-state index in [1.165, 1.54) is 0 Å². The normalized spacial score (nSPS) is 16.8. The van der Waals surface area contributed by atoms with E-state index in [0.717, 1.165) is 44.5 Å². The monoisotopic (exact) mass is 576 g/mol. The van der Waals surface area contributed by atoms with Crippen LogP contribution in [0.1, 0.15) is 44.5 Å². The van der Waals surface area contributed by atoms with Crippen LogP contribution in [-0.2, 0) is 19.5 Å². The van der Waals surface area contributed by atoms with Crippen molar-refractivity contribution >= 4 is 46.7 Å². The van der Waals surface area contributed by atoms with Gasteiger partial charge < -0.3 is 0 Å². The minimum Gasteiger partial charge on any atom is -0.208 e. The average Bonchev–Trinajstić information content (AvgIpc) is 3.73. The van der Waals surface area contributed by atoms with Crippen molar-refractivity contribution in [1.82, 2.24) is 0 Å². The van der Waals surface area contributed by atoms with E-state index in [4.69, 9.17) is 39.9 Å². The summed E-state index contributed by atoms with van der Waals surface area (Å²) >= 11 is 0. The fourth-order valence-electron chi connectivity index (χ4n) is 5.46. The van der Waals surface area contributed by atoms with Gasteiger partial charge in [0.15, 0.2) is 46.7 Å². The van der Waals surface area contributed by atoms with E-state index < -0.39 is 0 Å². The Morgan fingerprint density at radius 3 is 0.463 bits per heavy atom. The molecule has 0 N–H and O–H groups in total. The fourth-order valence-corrected chi connectivity index (χ4v) is 5.46. The first-order valence-electron chi connectivity index (χ1n) is 12.9. The number of nitrogens with zero attached hydrogens (tertiary/aromatic N) is 8. The Balaban J connectivity index is 0.00000256. The molecule has 5 aliphatic rings. The van der Waals surface area contributed by atoms with Crippen molar-refractivity contribution < 1.29 is 19.5 Å². The van der Waals surface area contributed by atoms with Crippen LogP contribution >= 0.6 is 0 Å². The summed E-state index contributed by atoms with van der Waals surface area (Å²) in [5.74, 6) is 4.42. The molecule has 0 aromatic heterocycles. The van der Waals surface area contributed by atoms with Crippen molar-refractivity contribution in [2.24, 2.45) is 39.9 Å². The first-order valence-corrected chi connectivity index (χ1v) is 12.9. The zero-order valence-corrected chi connectivity index (χ0v) is 24.5. The minimum atomic E-state index is 0. The van der Waals surface area contributed by atoms with Crippen LogP contribution in [-0.4, -0.2) is 46.7 Å². The molecule has 4 aromatic carbocycles. The molecular formula is C32H16N8Zn. The molecule has 0 saturated heterocycles. The van der Waals surface area contributed by atoms with Crippen molar-refractivity contribution in [1.29, 1.82) is 0 Å². The molecule has 0 amide bonds. The van der Waals surface area contributed by atoms with Gasteiger partial charge in [-0.1, -0.05) is 97.1 Å². The Morgan fingerprint density at radius 2 is 0.341 bits per heavy atom. The molecule has 0 fully saturated rings. The summed E-state index contributed by atoms with van der Waals surface area (Å²) in [5.41, 5.74) is 7.15. The molecule has 186 valence electrons. The Morgan fingerprint density at radius 1 is 0.220 bits per heavy atom. The maximum absolute atomic E-state index is 4.95. The molecule has 0 atom stereocenters. The third-order valence-corrected chi connectivity index (χ3v) is 7.33. The molecule has 8 bridgehead atoms. The van der Waals surface area contributed by atoms with Gasteiger partial charge in [-0.25, -0.2) is 39.9 Å². The van der Waals surface area contributed by atoms with Crippen molar-refractivity contribution in [3.8, 4) is 0 Å². The van der Waals surface area contributed by atoms with Crippen LogP contribution in [0.5, 0.6) is 0 Å². The predicted octanol–water partition coefficient (Wildman–Crippen LogP) is 4.83. The second-order valence-corrected chi connectivity index (χ2v) is 9.67. The number of hydrogen-bond acceptors (Lipinski definition) is 8. The van der Waals surface area contributed by atoms with Crippen molar-refractivity contribution in [2.75, 3.05) is 0 Å². The molecule has 5 aliphatic heterocycles. The first kappa shape index (κ1) is 23.7. The maximum atomic E-state index is 4.95. The molecular weight excluding hydrogens is 562 g/mol. The van der Waals surface area contributed by atoms with Crippen LogP contribution < -0.4 is 0 Å². The molecule has 0 unspecified atom stereocenters. The standard InChI is InChI=1S/C32H16N8.Zn/c1-2-10-18-17(9-1)25-33-26(18)38-28-21-13-5-6-14-22(21)30(35-28)40-32-24-16-8-7-15-23(24)31(36-32)39-29-20-12-4-3-11-19(20)27(34-29)37-25;/h1-16H;. The van der Waals surface area contributed by atoms with E-state index in [-0.39, 0.29) is 19.5 Å². The number of fused-ring (bicyclic) bond motifs is 16. The maximum Gasteiger partial charge on any atom is 0.164 e. The quantitative estimate of drug-likeness (QED) is 0.268. The van der Waals surface area contributed by atoms with Crippen LogP contribution in [0.2, 0.25) is 0 Å². The van der Waals surface area contributed by atoms with E-state index in [9.17, 15) is 0 Å². The number of aliphatic imine (C=N–C) groups is 8. The molecule has 0 aliphatic carbocycles. The summed E-state index contributed by atoms with van der Waals surface area (Å²) in [6.07, 6.45) is 0. The van der Waals surface area contributed by atoms with Crippen molar-refractivity contribution in [3.63, 3.8) is 0 Å². The van der Waals surface area contributed by atoms with Crippen LogP contribution in [0, 0.1) is 0 Å². The van der Waals surface area contributed by atoms with Gasteiger partial charge in [0.2, 0.25) is 0 Å². The van der Waals surface area contributed by atoms with Gasteiger partial charge in [-0.3, -0.25) is 0 Å². The first-order chi connectivity index (χ1) is 19.8. The summed E-state index contributed by atoms with van der Waals surface area (Å²) in [6, 6.07) is 31.8. The Hall–Kier alpha value is -5.14. The zero-order valence-electron chi connectivity index (χ0n) is 21.5. The Bertz CT molecular complexity index is 1790. The van der Waals surface area contributed by atoms with Gasteiger partial charge in [-0.2, -0.15) is 0 Å². The van der Waals surface area contributed by atoms with Gasteiger partial charge in [0, 0.05) is 64.0 Å². The number of benzene rings is 4. The Kier molecular flexibility index (Phi) is 5.17. The number of rotatable bonds is 0. The van der Waals surface area contributed by atoms with Gasteiger partial charge in [0.25, 0.3) is 0 Å².